The van der Waals surface area contributed by atoms with Crippen LogP contribution in [0.15, 0.2) is 24.3 Å². The predicted molar refractivity (Wildman–Crippen MR) is 240 cm³/mol. The van der Waals surface area contributed by atoms with E-state index in [1.54, 1.807) is 12.1 Å². The lowest BCUT2D eigenvalue weighted by Crippen LogP contribution is -2.70. The minimum atomic E-state index is -8.07. The molecule has 76 heavy (non-hydrogen) atoms. The van der Waals surface area contributed by atoms with E-state index >= 15 is 0 Å². The second kappa shape index (κ2) is 36.8. The van der Waals surface area contributed by atoms with Crippen molar-refractivity contribution in [3.05, 3.63) is 29.8 Å². The standard InChI is InChI=1S/C48H68F13NO14/c1-2-37(41(65)75-30-17-43(49,50)44(51,52)45(53,54)46(55,56)47(57,58)48(59,60)61)11-12-38(42(66)76-34-32-72-31-33-73-39-14-9-36(35-62)10-15-39)13-16-40(64)74-29-8-28-71-27-7-26-70-25-6-24-69-23-5-22-68-21-4-20-67-19-3-18-63/h9-10,14-15,37-38,63H,2-8,11-13,16-34H2,1H3. The Labute approximate surface area is 432 Å². The highest BCUT2D eigenvalue weighted by atomic mass is 19.4. The van der Waals surface area contributed by atoms with E-state index in [-0.39, 0.29) is 78.4 Å². The van der Waals surface area contributed by atoms with Gasteiger partial charge in [-0.2, -0.15) is 62.3 Å². The monoisotopic (exact) mass is 1130 g/mol. The first-order chi connectivity index (χ1) is 35.8. The van der Waals surface area contributed by atoms with Crippen LogP contribution in [-0.2, 0) is 57.0 Å². The summed E-state index contributed by atoms with van der Waals surface area (Å²) in [6.45, 7) is 4.06. The van der Waals surface area contributed by atoms with Gasteiger partial charge in [0.05, 0.1) is 56.3 Å². The Morgan fingerprint density at radius 1 is 0.500 bits per heavy atom. The molecule has 0 heterocycles. The van der Waals surface area contributed by atoms with Gasteiger partial charge in [0.25, 0.3) is 0 Å². The first-order valence-electron chi connectivity index (χ1n) is 24.5. The Kier molecular flexibility index (Phi) is 33.7. The number of hydrogen-bond donors (Lipinski definition) is 1. The average Bonchev–Trinajstić information content (AvgIpc) is 3.36. The molecule has 0 aliphatic carbocycles. The lowest BCUT2D eigenvalue weighted by atomic mass is 9.91. The summed E-state index contributed by atoms with van der Waals surface area (Å²) in [5.74, 6) is -43.0. The zero-order valence-corrected chi connectivity index (χ0v) is 42.1. The molecule has 0 aliphatic rings. The topological polar surface area (TPSA) is 188 Å². The van der Waals surface area contributed by atoms with Gasteiger partial charge in [0, 0.05) is 85.5 Å². The Morgan fingerprint density at radius 2 is 0.921 bits per heavy atom. The van der Waals surface area contributed by atoms with E-state index in [1.807, 2.05) is 6.07 Å². The van der Waals surface area contributed by atoms with Gasteiger partial charge >= 0.3 is 53.7 Å². The Hall–Kier alpha value is -4.27. The van der Waals surface area contributed by atoms with Crippen molar-refractivity contribution in [2.75, 3.05) is 112 Å². The third kappa shape index (κ3) is 25.0. The van der Waals surface area contributed by atoms with E-state index in [9.17, 15) is 71.5 Å². The van der Waals surface area contributed by atoms with Crippen LogP contribution in [0, 0.1) is 23.2 Å². The summed E-state index contributed by atoms with van der Waals surface area (Å²) < 4.78 is 229. The fourth-order valence-electron chi connectivity index (χ4n) is 6.33. The molecule has 440 valence electrons. The summed E-state index contributed by atoms with van der Waals surface area (Å²) in [4.78, 5) is 38.5. The highest BCUT2D eigenvalue weighted by Gasteiger charge is 2.90. The van der Waals surface area contributed by atoms with Crippen molar-refractivity contribution in [2.24, 2.45) is 11.8 Å². The molecule has 2 atom stereocenters. The molecule has 0 aromatic heterocycles. The van der Waals surface area contributed by atoms with Crippen molar-refractivity contribution in [3.63, 3.8) is 0 Å². The Bertz CT molecular complexity index is 1790. The summed E-state index contributed by atoms with van der Waals surface area (Å²) in [6, 6.07) is 8.17. The van der Waals surface area contributed by atoms with E-state index in [0.29, 0.717) is 96.5 Å². The molecule has 0 aliphatic heterocycles. The first kappa shape index (κ1) is 69.7. The Balaban J connectivity index is 2.60. The third-order valence-corrected chi connectivity index (χ3v) is 10.8. The summed E-state index contributed by atoms with van der Waals surface area (Å²) in [5, 5.41) is 17.6. The normalized spacial score (nSPS) is 13.5. The van der Waals surface area contributed by atoms with Gasteiger partial charge in [0.2, 0.25) is 0 Å². The van der Waals surface area contributed by atoms with Crippen LogP contribution in [0.2, 0.25) is 0 Å². The number of carbonyl (C=O) groups is 3. The number of carbonyl (C=O) groups excluding carboxylic acids is 3. The maximum absolute atomic E-state index is 14.3. The Morgan fingerprint density at radius 3 is 1.39 bits per heavy atom. The molecule has 0 saturated carbocycles. The summed E-state index contributed by atoms with van der Waals surface area (Å²) in [6.07, 6.45) is -7.90. The SMILES string of the molecule is CCC(CCC(CCC(=O)OCCCOCCCOCCCOCCCOCCCOCCCO)C(=O)OCCOCCOc1ccc(C#N)cc1)C(=O)OCCC(F)(F)C(F)(F)C(F)(F)C(F)(F)C(F)(F)C(F)(F)F. The molecule has 0 bridgehead atoms. The van der Waals surface area contributed by atoms with Gasteiger partial charge in [-0.05, 0) is 82.1 Å². The van der Waals surface area contributed by atoms with Gasteiger partial charge in [0.15, 0.2) is 0 Å². The van der Waals surface area contributed by atoms with Gasteiger partial charge in [-0.15, -0.1) is 0 Å². The van der Waals surface area contributed by atoms with Crippen LogP contribution in [0.1, 0.15) is 89.5 Å². The van der Waals surface area contributed by atoms with Crippen molar-refractivity contribution in [1.82, 2.24) is 0 Å². The van der Waals surface area contributed by atoms with Gasteiger partial charge in [0.1, 0.15) is 19.0 Å². The quantitative estimate of drug-likeness (QED) is 0.0281. The van der Waals surface area contributed by atoms with Crippen molar-refractivity contribution in [3.8, 4) is 11.8 Å². The molecular formula is C48H68F13NO14. The molecule has 0 spiro atoms. The van der Waals surface area contributed by atoms with E-state index in [1.165, 1.54) is 19.1 Å². The maximum Gasteiger partial charge on any atom is 0.460 e. The molecule has 0 fully saturated rings. The zero-order valence-electron chi connectivity index (χ0n) is 42.1. The number of rotatable bonds is 46. The van der Waals surface area contributed by atoms with E-state index < -0.39 is 78.6 Å². The number of aliphatic hydroxyl groups excluding tert-OH is 1. The molecule has 0 radical (unpaired) electrons. The zero-order chi connectivity index (χ0) is 57.2. The largest absolute Gasteiger partial charge is 0.491 e. The van der Waals surface area contributed by atoms with Crippen LogP contribution in [0.4, 0.5) is 57.1 Å². The minimum absolute atomic E-state index is 0.0423. The smallest absolute Gasteiger partial charge is 0.460 e. The van der Waals surface area contributed by atoms with Gasteiger partial charge in [-0.3, -0.25) is 14.4 Å². The first-order valence-corrected chi connectivity index (χ1v) is 24.5. The number of nitrogens with zero attached hydrogens (tertiary/aromatic N) is 1. The van der Waals surface area contributed by atoms with Crippen LogP contribution in [-0.4, -0.2) is 171 Å². The molecule has 1 N–H and O–H groups in total. The average molecular weight is 1130 g/mol. The second-order valence-electron chi connectivity index (χ2n) is 16.7. The summed E-state index contributed by atoms with van der Waals surface area (Å²) >= 11 is 0. The third-order valence-electron chi connectivity index (χ3n) is 10.8. The van der Waals surface area contributed by atoms with Gasteiger partial charge in [-0.25, -0.2) is 0 Å². The van der Waals surface area contributed by atoms with Crippen molar-refractivity contribution in [1.29, 1.82) is 5.26 Å². The number of aliphatic hydroxyl groups is 1. The van der Waals surface area contributed by atoms with Gasteiger partial charge in [-0.1, -0.05) is 6.92 Å². The second-order valence-corrected chi connectivity index (χ2v) is 16.7. The molecule has 1 aromatic rings. The van der Waals surface area contributed by atoms with Crippen molar-refractivity contribution < 1.29 is 124 Å². The number of alkyl halides is 13. The molecular weight excluding hydrogens is 1060 g/mol. The van der Waals surface area contributed by atoms with Crippen LogP contribution in [0.5, 0.6) is 5.75 Å². The van der Waals surface area contributed by atoms with Crippen LogP contribution < -0.4 is 4.74 Å². The van der Waals surface area contributed by atoms with E-state index in [0.717, 1.165) is 12.8 Å². The number of nitriles is 1. The molecule has 2 unspecified atom stereocenters. The fraction of sp³-hybridized carbons (Fsp3) is 0.792. The van der Waals surface area contributed by atoms with Crippen molar-refractivity contribution >= 4 is 17.9 Å². The minimum Gasteiger partial charge on any atom is -0.491 e. The number of ether oxygens (including phenoxy) is 10. The van der Waals surface area contributed by atoms with Crippen LogP contribution >= 0.6 is 0 Å². The number of benzene rings is 1. The molecule has 1 rings (SSSR count). The van der Waals surface area contributed by atoms with E-state index in [4.69, 9.17) is 53.0 Å². The maximum atomic E-state index is 14.3. The van der Waals surface area contributed by atoms with Crippen molar-refractivity contribution in [2.45, 2.75) is 120 Å². The molecule has 0 saturated heterocycles. The van der Waals surface area contributed by atoms with Crippen LogP contribution in [0.3, 0.4) is 0 Å². The number of hydrogen-bond acceptors (Lipinski definition) is 15. The lowest BCUT2D eigenvalue weighted by molar-refractivity contribution is -0.440. The van der Waals surface area contributed by atoms with Gasteiger partial charge < -0.3 is 52.5 Å². The van der Waals surface area contributed by atoms with E-state index in [2.05, 4.69) is 4.74 Å². The lowest BCUT2D eigenvalue weighted by Gasteiger charge is -2.39. The van der Waals surface area contributed by atoms with Crippen LogP contribution in [0.25, 0.3) is 0 Å². The molecule has 0 amide bonds. The molecule has 28 heteroatoms. The summed E-state index contributed by atoms with van der Waals surface area (Å²) in [5.41, 5.74) is 0.416. The number of halogens is 13. The predicted octanol–water partition coefficient (Wildman–Crippen LogP) is 9.33. The summed E-state index contributed by atoms with van der Waals surface area (Å²) in [7, 11) is 0. The highest BCUT2D eigenvalue weighted by Crippen LogP contribution is 2.60. The molecule has 15 nitrogen and oxygen atoms in total. The number of esters is 3. The highest BCUT2D eigenvalue weighted by molar-refractivity contribution is 5.75. The fourth-order valence-corrected chi connectivity index (χ4v) is 6.33. The molecule has 1 aromatic carbocycles.